The number of fused-ring (bicyclic) bond motifs is 1. The Bertz CT molecular complexity index is 1610. The second-order valence-electron chi connectivity index (χ2n) is 12.4. The molecule has 1 aliphatic rings. The van der Waals surface area contributed by atoms with Gasteiger partial charge in [-0.2, -0.15) is 0 Å². The molecule has 56 heavy (non-hydrogen) atoms. The van der Waals surface area contributed by atoms with E-state index in [2.05, 4.69) is 39.1 Å². The maximum absolute atomic E-state index is 14.4. The van der Waals surface area contributed by atoms with Gasteiger partial charge in [-0.3, -0.25) is 19.3 Å². The van der Waals surface area contributed by atoms with Crippen molar-refractivity contribution in [2.45, 2.75) is 34.1 Å². The topological polar surface area (TPSA) is 199 Å². The molecule has 0 fully saturated rings. The van der Waals surface area contributed by atoms with Crippen molar-refractivity contribution in [1.29, 1.82) is 0 Å². The van der Waals surface area contributed by atoms with Crippen molar-refractivity contribution >= 4 is 35.1 Å². The van der Waals surface area contributed by atoms with Gasteiger partial charge in [-0.1, -0.05) is 19.0 Å². The Morgan fingerprint density at radius 1 is 0.911 bits per heavy atom. The lowest BCUT2D eigenvalue weighted by atomic mass is 10.0. The second-order valence-corrected chi connectivity index (χ2v) is 12.4. The fourth-order valence-electron chi connectivity index (χ4n) is 5.67. The number of esters is 1. The monoisotopic (exact) mass is 789 g/mol. The maximum Gasteiger partial charge on any atom is 0.309 e. The molecule has 2 heterocycles. The molecule has 0 spiro atoms. The highest BCUT2D eigenvalue weighted by Crippen LogP contribution is 2.38. The van der Waals surface area contributed by atoms with E-state index in [1.54, 1.807) is 19.9 Å². The minimum Gasteiger partial charge on any atom is -0.444 e. The summed E-state index contributed by atoms with van der Waals surface area (Å²) >= 11 is 0. The summed E-state index contributed by atoms with van der Waals surface area (Å²) < 4.78 is 52.2. The summed E-state index contributed by atoms with van der Waals surface area (Å²) in [7, 11) is 0. The fraction of sp³-hybridized carbons (Fsp3) is 0.605. The lowest BCUT2D eigenvalue weighted by molar-refractivity contribution is -0.145. The van der Waals surface area contributed by atoms with Gasteiger partial charge >= 0.3 is 5.97 Å². The smallest absolute Gasteiger partial charge is 0.309 e. The molecule has 0 aliphatic carbocycles. The Morgan fingerprint density at radius 2 is 1.48 bits per heavy atom. The summed E-state index contributed by atoms with van der Waals surface area (Å²) in [6.07, 6.45) is 1.56. The van der Waals surface area contributed by atoms with Crippen molar-refractivity contribution in [3.05, 3.63) is 62.5 Å². The summed E-state index contributed by atoms with van der Waals surface area (Å²) in [5.41, 5.74) is 11.5. The number of amides is 2. The van der Waals surface area contributed by atoms with E-state index in [4.69, 9.17) is 38.7 Å². The molecule has 0 saturated heterocycles. The van der Waals surface area contributed by atoms with Gasteiger partial charge in [-0.15, -0.1) is 0 Å². The number of anilines is 1. The van der Waals surface area contributed by atoms with Gasteiger partial charge in [0.15, 0.2) is 6.73 Å². The quantitative estimate of drug-likeness (QED) is 0.0289. The van der Waals surface area contributed by atoms with Crippen LogP contribution in [0.25, 0.3) is 22.1 Å². The van der Waals surface area contributed by atoms with Gasteiger partial charge in [0, 0.05) is 41.5 Å². The average molecular weight is 790 g/mol. The summed E-state index contributed by atoms with van der Waals surface area (Å²) in [4.78, 5) is 48.5. The highest BCUT2D eigenvalue weighted by Gasteiger charge is 2.34. The first-order valence-corrected chi connectivity index (χ1v) is 18.9. The van der Waals surface area contributed by atoms with E-state index in [1.807, 2.05) is 0 Å². The number of nitrogens with one attached hydrogen (secondary N) is 2. The van der Waals surface area contributed by atoms with Crippen molar-refractivity contribution in [2.75, 3.05) is 124 Å². The van der Waals surface area contributed by atoms with E-state index >= 15 is 0 Å². The van der Waals surface area contributed by atoms with E-state index in [-0.39, 0.29) is 37.8 Å². The van der Waals surface area contributed by atoms with Crippen LogP contribution in [0.3, 0.4) is 0 Å². The predicted molar refractivity (Wildman–Crippen MR) is 207 cm³/mol. The molecule has 2 aromatic rings. The van der Waals surface area contributed by atoms with Crippen LogP contribution in [0.2, 0.25) is 0 Å². The molecule has 310 valence electrons. The first-order valence-electron chi connectivity index (χ1n) is 18.9. The van der Waals surface area contributed by atoms with Crippen LogP contribution in [-0.4, -0.2) is 146 Å². The third-order valence-electron chi connectivity index (χ3n) is 8.68. The van der Waals surface area contributed by atoms with Crippen molar-refractivity contribution < 1.29 is 51.9 Å². The van der Waals surface area contributed by atoms with Crippen LogP contribution in [0, 0.1) is 19.7 Å². The number of aromatic amines is 1. The highest BCUT2D eigenvalue weighted by molar-refractivity contribution is 6.35. The van der Waals surface area contributed by atoms with Crippen LogP contribution < -0.4 is 10.2 Å². The fourth-order valence-corrected chi connectivity index (χ4v) is 5.67. The van der Waals surface area contributed by atoms with Crippen molar-refractivity contribution in [3.8, 4) is 0 Å². The average Bonchev–Trinajstić information content (AvgIpc) is 3.61. The standard InChI is InChI=1S/C38H56FN7O10/c1-5-45(6-2)12-10-41-37(48)36-28(3)33(43-29(36)4)26-32-31-25-30(39)7-8-34(31)46(38(32)49)27-56-35(47)9-13-50-15-17-52-19-21-54-23-24-55-22-20-53-18-16-51-14-11-42-44-40/h7-8,25-26,43H,5-6,9-24,27H2,1-4H3,(H,41,48)/b32-26-. The minimum absolute atomic E-state index is 0.0392. The number of H-pyrrole nitrogens is 1. The van der Waals surface area contributed by atoms with E-state index in [0.717, 1.165) is 19.6 Å². The number of carbonyl (C=O) groups is 3. The highest BCUT2D eigenvalue weighted by atomic mass is 19.1. The number of benzene rings is 1. The number of aryl methyl sites for hydroxylation is 1. The molecular formula is C38H56FN7O10. The predicted octanol–water partition coefficient (Wildman–Crippen LogP) is 4.03. The SMILES string of the molecule is CCN(CC)CCNC(=O)c1c(C)[nH]c(/C=C2\C(=O)N(COC(=O)CCOCCOCCOCCOCCOCCOCCN=[N+]=[N-])c3ccc(F)cc32)c1C. The zero-order valence-electron chi connectivity index (χ0n) is 32.9. The van der Waals surface area contributed by atoms with Gasteiger partial charge < -0.3 is 48.4 Å². The molecule has 0 saturated carbocycles. The Morgan fingerprint density at radius 3 is 2.05 bits per heavy atom. The molecule has 18 heteroatoms. The minimum atomic E-state index is -0.567. The third kappa shape index (κ3) is 15.6. The molecule has 2 N–H and O–H groups in total. The van der Waals surface area contributed by atoms with Gasteiger partial charge in [-0.05, 0) is 62.3 Å². The Labute approximate surface area is 327 Å². The van der Waals surface area contributed by atoms with E-state index < -0.39 is 17.7 Å². The van der Waals surface area contributed by atoms with Gasteiger partial charge in [0.1, 0.15) is 5.82 Å². The number of hydrogen-bond donors (Lipinski definition) is 2. The molecular weight excluding hydrogens is 733 g/mol. The summed E-state index contributed by atoms with van der Waals surface area (Å²) in [5, 5.41) is 6.34. The van der Waals surface area contributed by atoms with Gasteiger partial charge in [-0.25, -0.2) is 4.39 Å². The number of aromatic nitrogens is 1. The Kier molecular flexibility index (Phi) is 21.7. The molecule has 3 rings (SSSR count). The summed E-state index contributed by atoms with van der Waals surface area (Å²) in [6.45, 7) is 15.0. The number of halogens is 1. The van der Waals surface area contributed by atoms with Crippen LogP contribution in [0.15, 0.2) is 23.3 Å². The molecule has 17 nitrogen and oxygen atoms in total. The van der Waals surface area contributed by atoms with Crippen LogP contribution in [0.5, 0.6) is 0 Å². The largest absolute Gasteiger partial charge is 0.444 e. The molecule has 1 aromatic heterocycles. The number of rotatable bonds is 30. The van der Waals surface area contributed by atoms with E-state index in [0.29, 0.717) is 113 Å². The number of likely N-dealkylation sites (N-methyl/N-ethyl adjacent to an activating group) is 1. The lowest BCUT2D eigenvalue weighted by Crippen LogP contribution is -2.35. The summed E-state index contributed by atoms with van der Waals surface area (Å²) in [5.74, 6) is -1.77. The number of nitrogens with zero attached hydrogens (tertiary/aromatic N) is 5. The van der Waals surface area contributed by atoms with Gasteiger partial charge in [0.25, 0.3) is 11.8 Å². The Hall–Kier alpha value is -4.39. The van der Waals surface area contributed by atoms with Crippen LogP contribution >= 0.6 is 0 Å². The zero-order chi connectivity index (χ0) is 40.5. The summed E-state index contributed by atoms with van der Waals surface area (Å²) in [6, 6.07) is 3.97. The number of hydrogen-bond acceptors (Lipinski definition) is 12. The first kappa shape index (κ1) is 46.0. The maximum atomic E-state index is 14.4. The first-order chi connectivity index (χ1) is 27.2. The number of ether oxygens (including phenoxy) is 7. The van der Waals surface area contributed by atoms with Crippen LogP contribution in [-0.2, 0) is 42.7 Å². The van der Waals surface area contributed by atoms with Gasteiger partial charge in [0.2, 0.25) is 0 Å². The molecule has 0 unspecified atom stereocenters. The molecule has 2 amide bonds. The van der Waals surface area contributed by atoms with Crippen molar-refractivity contribution in [2.24, 2.45) is 5.11 Å². The van der Waals surface area contributed by atoms with E-state index in [9.17, 15) is 18.8 Å². The van der Waals surface area contributed by atoms with Crippen molar-refractivity contribution in [3.63, 3.8) is 0 Å². The van der Waals surface area contributed by atoms with Crippen molar-refractivity contribution in [1.82, 2.24) is 15.2 Å². The van der Waals surface area contributed by atoms with Crippen LogP contribution in [0.1, 0.15) is 53.1 Å². The molecule has 0 radical (unpaired) electrons. The lowest BCUT2D eigenvalue weighted by Gasteiger charge is -2.18. The van der Waals surface area contributed by atoms with Crippen LogP contribution in [0.4, 0.5) is 10.1 Å². The zero-order valence-corrected chi connectivity index (χ0v) is 32.9. The van der Waals surface area contributed by atoms with E-state index in [1.165, 1.54) is 23.1 Å². The molecule has 1 aliphatic heterocycles. The third-order valence-corrected chi connectivity index (χ3v) is 8.68. The number of carbonyl (C=O) groups excluding carboxylic acids is 3. The normalized spacial score (nSPS) is 13.1. The Balaban J connectivity index is 1.32. The van der Waals surface area contributed by atoms with Gasteiger partial charge in [0.05, 0.1) is 103 Å². The second kappa shape index (κ2) is 26.5. The molecule has 0 atom stereocenters. The molecule has 0 bridgehead atoms. The molecule has 1 aromatic carbocycles. The number of azide groups is 1.